The molecule has 1 aromatic carbocycles. The Kier molecular flexibility index (Phi) is 5.84. The summed E-state index contributed by atoms with van der Waals surface area (Å²) >= 11 is 1.74. The van der Waals surface area contributed by atoms with Crippen LogP contribution in [0, 0.1) is 0 Å². The molecule has 1 aliphatic heterocycles. The van der Waals surface area contributed by atoms with Gasteiger partial charge in [0.2, 0.25) is 5.91 Å². The van der Waals surface area contributed by atoms with Crippen molar-refractivity contribution >= 4 is 29.7 Å². The fraction of sp³-hybridized carbons (Fsp3) is 0.389. The van der Waals surface area contributed by atoms with Crippen LogP contribution in [0.3, 0.4) is 0 Å². The van der Waals surface area contributed by atoms with E-state index < -0.39 is 0 Å². The molecule has 0 saturated carbocycles. The third-order valence-electron chi connectivity index (χ3n) is 4.29. The van der Waals surface area contributed by atoms with Crippen LogP contribution < -0.4 is 10.6 Å². The molecule has 0 radical (unpaired) electrons. The van der Waals surface area contributed by atoms with E-state index in [4.69, 9.17) is 0 Å². The van der Waals surface area contributed by atoms with Crippen molar-refractivity contribution in [3.8, 4) is 0 Å². The average molecular weight is 351 g/mol. The van der Waals surface area contributed by atoms with Crippen molar-refractivity contribution in [2.75, 3.05) is 6.54 Å². The highest BCUT2D eigenvalue weighted by molar-refractivity contribution is 7.10. The third-order valence-corrected chi connectivity index (χ3v) is 5.53. The summed E-state index contributed by atoms with van der Waals surface area (Å²) in [7, 11) is 0. The van der Waals surface area contributed by atoms with Gasteiger partial charge in [0.1, 0.15) is 0 Å². The van der Waals surface area contributed by atoms with Crippen LogP contribution in [-0.4, -0.2) is 18.5 Å². The van der Waals surface area contributed by atoms with Crippen LogP contribution in [0.4, 0.5) is 0 Å². The number of amides is 1. The molecular formula is C18H23ClN2OS. The van der Waals surface area contributed by atoms with E-state index in [-0.39, 0.29) is 29.8 Å². The summed E-state index contributed by atoms with van der Waals surface area (Å²) in [4.78, 5) is 13.8. The quantitative estimate of drug-likeness (QED) is 0.888. The van der Waals surface area contributed by atoms with Crippen molar-refractivity contribution in [3.05, 3.63) is 57.8 Å². The van der Waals surface area contributed by atoms with Crippen LogP contribution in [0.25, 0.3) is 0 Å². The van der Waals surface area contributed by atoms with E-state index in [2.05, 4.69) is 54.1 Å². The van der Waals surface area contributed by atoms with Gasteiger partial charge in [-0.15, -0.1) is 23.7 Å². The van der Waals surface area contributed by atoms with Crippen LogP contribution in [0.2, 0.25) is 0 Å². The van der Waals surface area contributed by atoms with Gasteiger partial charge < -0.3 is 10.6 Å². The normalized spacial score (nSPS) is 17.0. The number of fused-ring (bicyclic) bond motifs is 1. The summed E-state index contributed by atoms with van der Waals surface area (Å²) in [5.41, 5.74) is 2.54. The molecule has 124 valence electrons. The summed E-state index contributed by atoms with van der Waals surface area (Å²) in [5.74, 6) is 0.0964. The SMILES string of the molecule is CC(C)(CNC(=O)C1Cc2ccccc2CN1)c1cccs1.Cl. The van der Waals surface area contributed by atoms with Crippen molar-refractivity contribution in [2.24, 2.45) is 0 Å². The van der Waals surface area contributed by atoms with E-state index in [9.17, 15) is 4.79 Å². The minimum atomic E-state index is -0.131. The molecule has 2 heterocycles. The molecule has 2 N–H and O–H groups in total. The van der Waals surface area contributed by atoms with Gasteiger partial charge in [-0.25, -0.2) is 0 Å². The zero-order valence-corrected chi connectivity index (χ0v) is 15.1. The Hall–Kier alpha value is -1.36. The highest BCUT2D eigenvalue weighted by Gasteiger charge is 2.27. The van der Waals surface area contributed by atoms with Crippen molar-refractivity contribution in [2.45, 2.75) is 38.3 Å². The number of benzene rings is 1. The lowest BCUT2D eigenvalue weighted by atomic mass is 9.91. The molecule has 5 heteroatoms. The van der Waals surface area contributed by atoms with Gasteiger partial charge >= 0.3 is 0 Å². The smallest absolute Gasteiger partial charge is 0.237 e. The van der Waals surface area contributed by atoms with Crippen LogP contribution in [-0.2, 0) is 23.2 Å². The Labute approximate surface area is 147 Å². The zero-order valence-electron chi connectivity index (χ0n) is 13.5. The molecular weight excluding hydrogens is 328 g/mol. The number of nitrogens with one attached hydrogen (secondary N) is 2. The fourth-order valence-corrected chi connectivity index (χ4v) is 3.67. The summed E-state index contributed by atoms with van der Waals surface area (Å²) in [6.45, 7) is 5.76. The van der Waals surface area contributed by atoms with Gasteiger partial charge in [-0.2, -0.15) is 0 Å². The maximum Gasteiger partial charge on any atom is 0.237 e. The van der Waals surface area contributed by atoms with E-state index in [1.54, 1.807) is 11.3 Å². The van der Waals surface area contributed by atoms with Gasteiger partial charge in [0, 0.05) is 23.4 Å². The molecule has 1 aliphatic rings. The molecule has 2 aromatic rings. The predicted octanol–water partition coefficient (Wildman–Crippen LogP) is 3.28. The first-order chi connectivity index (χ1) is 10.6. The van der Waals surface area contributed by atoms with Gasteiger partial charge in [-0.3, -0.25) is 4.79 Å². The number of carbonyl (C=O) groups is 1. The molecule has 1 aromatic heterocycles. The minimum Gasteiger partial charge on any atom is -0.354 e. The lowest BCUT2D eigenvalue weighted by Crippen LogP contribution is -2.49. The summed E-state index contributed by atoms with van der Waals surface area (Å²) in [6, 6.07) is 12.4. The molecule has 0 fully saturated rings. The van der Waals surface area contributed by atoms with Crippen molar-refractivity contribution in [3.63, 3.8) is 0 Å². The van der Waals surface area contributed by atoms with Crippen LogP contribution in [0.1, 0.15) is 29.9 Å². The Morgan fingerprint density at radius 1 is 1.26 bits per heavy atom. The number of rotatable bonds is 4. The summed E-state index contributed by atoms with van der Waals surface area (Å²) in [6.07, 6.45) is 0.765. The number of halogens is 1. The second-order valence-corrected chi connectivity index (χ2v) is 7.43. The molecule has 0 spiro atoms. The molecule has 0 saturated heterocycles. The van der Waals surface area contributed by atoms with E-state index in [1.165, 1.54) is 16.0 Å². The molecule has 3 rings (SSSR count). The zero-order chi connectivity index (χ0) is 15.6. The summed E-state index contributed by atoms with van der Waals surface area (Å²) < 4.78 is 0. The molecule has 0 aliphatic carbocycles. The largest absolute Gasteiger partial charge is 0.354 e. The van der Waals surface area contributed by atoms with E-state index >= 15 is 0 Å². The number of thiophene rings is 1. The van der Waals surface area contributed by atoms with Crippen LogP contribution in [0.5, 0.6) is 0 Å². The highest BCUT2D eigenvalue weighted by Crippen LogP contribution is 2.26. The maximum absolute atomic E-state index is 12.5. The molecule has 1 amide bonds. The molecule has 3 nitrogen and oxygen atoms in total. The van der Waals surface area contributed by atoms with Gasteiger partial charge in [0.25, 0.3) is 0 Å². The van der Waals surface area contributed by atoms with Crippen LogP contribution >= 0.6 is 23.7 Å². The number of hydrogen-bond acceptors (Lipinski definition) is 3. The lowest BCUT2D eigenvalue weighted by Gasteiger charge is -2.28. The second-order valence-electron chi connectivity index (χ2n) is 6.49. The first kappa shape index (κ1) is 18.0. The first-order valence-corrected chi connectivity index (χ1v) is 8.56. The molecule has 1 atom stereocenters. The van der Waals surface area contributed by atoms with E-state index in [1.807, 2.05) is 12.1 Å². The summed E-state index contributed by atoms with van der Waals surface area (Å²) in [5, 5.41) is 8.54. The van der Waals surface area contributed by atoms with Gasteiger partial charge in [0.05, 0.1) is 6.04 Å². The molecule has 23 heavy (non-hydrogen) atoms. The number of hydrogen-bond donors (Lipinski definition) is 2. The lowest BCUT2D eigenvalue weighted by molar-refractivity contribution is -0.123. The fourth-order valence-electron chi connectivity index (χ4n) is 2.82. The van der Waals surface area contributed by atoms with E-state index in [0.29, 0.717) is 6.54 Å². The Balaban J connectivity index is 0.00000192. The topological polar surface area (TPSA) is 41.1 Å². The van der Waals surface area contributed by atoms with Gasteiger partial charge in [-0.05, 0) is 29.0 Å². The molecule has 0 bridgehead atoms. The minimum absolute atomic E-state index is 0. The Bertz CT molecular complexity index is 655. The number of carbonyl (C=O) groups excluding carboxylic acids is 1. The monoisotopic (exact) mass is 350 g/mol. The van der Waals surface area contributed by atoms with Crippen molar-refractivity contribution in [1.29, 1.82) is 0 Å². The standard InChI is InChI=1S/C18H22N2OS.ClH/c1-18(2,16-8-5-9-22-16)12-20-17(21)15-10-13-6-3-4-7-14(13)11-19-15;/h3-9,15,19H,10-12H2,1-2H3,(H,20,21);1H. The second kappa shape index (κ2) is 7.47. The van der Waals surface area contributed by atoms with Crippen LogP contribution in [0.15, 0.2) is 41.8 Å². The molecule has 1 unspecified atom stereocenters. The van der Waals surface area contributed by atoms with Gasteiger partial charge in [0.15, 0.2) is 0 Å². The Morgan fingerprint density at radius 3 is 2.70 bits per heavy atom. The average Bonchev–Trinajstić information content (AvgIpc) is 3.07. The van der Waals surface area contributed by atoms with Crippen molar-refractivity contribution < 1.29 is 4.79 Å². The maximum atomic E-state index is 12.5. The van der Waals surface area contributed by atoms with Crippen molar-refractivity contribution in [1.82, 2.24) is 10.6 Å². The van der Waals surface area contributed by atoms with Gasteiger partial charge in [-0.1, -0.05) is 44.2 Å². The highest BCUT2D eigenvalue weighted by atomic mass is 35.5. The first-order valence-electron chi connectivity index (χ1n) is 7.68. The predicted molar refractivity (Wildman–Crippen MR) is 98.4 cm³/mol. The third kappa shape index (κ3) is 4.14. The Morgan fingerprint density at radius 2 is 2.00 bits per heavy atom. The van der Waals surface area contributed by atoms with E-state index in [0.717, 1.165) is 13.0 Å².